The summed E-state index contributed by atoms with van der Waals surface area (Å²) in [6.45, 7) is 1.94. The summed E-state index contributed by atoms with van der Waals surface area (Å²) < 4.78 is 2.02. The van der Waals surface area contributed by atoms with Crippen LogP contribution in [0.1, 0.15) is 15.9 Å². The van der Waals surface area contributed by atoms with Crippen molar-refractivity contribution >= 4 is 56.8 Å². The molecule has 0 bridgehead atoms. The van der Waals surface area contributed by atoms with E-state index in [1.54, 1.807) is 12.1 Å². The van der Waals surface area contributed by atoms with Gasteiger partial charge in [0, 0.05) is 12.8 Å². The number of hydrogen-bond donors (Lipinski definition) is 2. The number of anilines is 1. The van der Waals surface area contributed by atoms with Crippen LogP contribution in [0.4, 0.5) is 5.69 Å². The summed E-state index contributed by atoms with van der Waals surface area (Å²) >= 11 is 4.33. The molecule has 2 aromatic carbocycles. The van der Waals surface area contributed by atoms with Crippen LogP contribution < -0.4 is 5.32 Å². The third kappa shape index (κ3) is 3.59. The molecule has 0 radical (unpaired) electrons. The minimum Gasteiger partial charge on any atom is -0.507 e. The fraction of sp³-hybridized carbons (Fsp3) is 0.0714. The Balaban J connectivity index is 2.28. The lowest BCUT2D eigenvalue weighted by atomic mass is 10.1. The van der Waals surface area contributed by atoms with E-state index in [9.17, 15) is 9.90 Å². The Morgan fingerprint density at radius 3 is 2.42 bits per heavy atom. The van der Waals surface area contributed by atoms with Crippen molar-refractivity contribution < 1.29 is 9.90 Å². The molecule has 0 spiro atoms. The molecule has 0 heterocycles. The molecule has 0 atom stereocenters. The van der Waals surface area contributed by atoms with Gasteiger partial charge in [0.15, 0.2) is 0 Å². The minimum atomic E-state index is -0.305. The van der Waals surface area contributed by atoms with Gasteiger partial charge >= 0.3 is 0 Å². The zero-order valence-corrected chi connectivity index (χ0v) is 14.4. The van der Waals surface area contributed by atoms with E-state index in [2.05, 4.69) is 50.5 Å². The Kier molecular flexibility index (Phi) is 4.67. The summed E-state index contributed by atoms with van der Waals surface area (Å²) in [7, 11) is 0. The van der Waals surface area contributed by atoms with E-state index in [4.69, 9.17) is 0 Å². The quantitative estimate of drug-likeness (QED) is 0.637. The second-order valence-electron chi connectivity index (χ2n) is 4.07. The third-order valence-corrected chi connectivity index (χ3v) is 3.98. The van der Waals surface area contributed by atoms with E-state index in [-0.39, 0.29) is 17.2 Å². The van der Waals surface area contributed by atoms with Gasteiger partial charge in [-0.15, -0.1) is 0 Å². The molecule has 2 rings (SSSR count). The van der Waals surface area contributed by atoms with Crippen LogP contribution in [0.2, 0.25) is 0 Å². The third-order valence-electron chi connectivity index (χ3n) is 2.64. The highest BCUT2D eigenvalue weighted by Crippen LogP contribution is 2.23. The highest BCUT2D eigenvalue weighted by molar-refractivity contribution is 14.1. The first kappa shape index (κ1) is 14.6. The minimum absolute atomic E-state index is 0.0129. The average Bonchev–Trinajstić information content (AvgIpc) is 2.35. The molecule has 1 amide bonds. The molecule has 0 aliphatic carbocycles. The normalized spacial score (nSPS) is 10.3. The number of hydrogen-bond acceptors (Lipinski definition) is 2. The first-order valence-corrected chi connectivity index (χ1v) is 7.69. The van der Waals surface area contributed by atoms with Crippen molar-refractivity contribution in [3.63, 3.8) is 0 Å². The first-order chi connectivity index (χ1) is 8.97. The van der Waals surface area contributed by atoms with E-state index in [0.717, 1.165) is 18.4 Å². The SMILES string of the molecule is Cc1cc(I)ccc1NC(=O)c1cc(I)ccc1O. The number of nitrogens with one attached hydrogen (secondary N) is 1. The number of amides is 1. The molecule has 0 unspecified atom stereocenters. The maximum Gasteiger partial charge on any atom is 0.259 e. The van der Waals surface area contributed by atoms with Crippen molar-refractivity contribution in [3.8, 4) is 5.75 Å². The second kappa shape index (κ2) is 6.08. The number of benzene rings is 2. The number of aryl methyl sites for hydroxylation is 1. The van der Waals surface area contributed by atoms with Crippen molar-refractivity contribution in [2.24, 2.45) is 0 Å². The van der Waals surface area contributed by atoms with Crippen LogP contribution in [0.25, 0.3) is 0 Å². The maximum atomic E-state index is 12.1. The van der Waals surface area contributed by atoms with Gasteiger partial charge in [0.1, 0.15) is 5.75 Å². The van der Waals surface area contributed by atoms with Crippen molar-refractivity contribution in [2.45, 2.75) is 6.92 Å². The number of phenolic OH excluding ortho intramolecular Hbond substituents is 1. The predicted molar refractivity (Wildman–Crippen MR) is 92.7 cm³/mol. The van der Waals surface area contributed by atoms with E-state index in [1.165, 1.54) is 6.07 Å². The van der Waals surface area contributed by atoms with Crippen molar-refractivity contribution in [3.05, 3.63) is 54.7 Å². The van der Waals surface area contributed by atoms with Crippen LogP contribution in [0.5, 0.6) is 5.75 Å². The summed E-state index contributed by atoms with van der Waals surface area (Å²) in [5.74, 6) is -0.318. The molecule has 0 saturated carbocycles. The number of halogens is 2. The van der Waals surface area contributed by atoms with Crippen LogP contribution in [0.15, 0.2) is 36.4 Å². The van der Waals surface area contributed by atoms with E-state index < -0.39 is 0 Å². The van der Waals surface area contributed by atoms with Gasteiger partial charge in [0.25, 0.3) is 5.91 Å². The molecule has 0 aromatic heterocycles. The molecule has 0 aliphatic heterocycles. The van der Waals surface area contributed by atoms with E-state index in [1.807, 2.05) is 25.1 Å². The Hall–Kier alpha value is -0.830. The van der Waals surface area contributed by atoms with Crippen molar-refractivity contribution in [1.29, 1.82) is 0 Å². The van der Waals surface area contributed by atoms with Gasteiger partial charge in [-0.1, -0.05) is 0 Å². The van der Waals surface area contributed by atoms with Crippen LogP contribution in [-0.4, -0.2) is 11.0 Å². The standard InChI is InChI=1S/C14H11I2NO2/c1-8-6-9(15)2-4-12(8)17-14(19)11-7-10(16)3-5-13(11)18/h2-7,18H,1H3,(H,17,19). The number of carbonyl (C=O) groups excluding carboxylic acids is 1. The van der Waals surface area contributed by atoms with Crippen molar-refractivity contribution in [1.82, 2.24) is 0 Å². The van der Waals surface area contributed by atoms with E-state index >= 15 is 0 Å². The highest BCUT2D eigenvalue weighted by Gasteiger charge is 2.12. The van der Waals surface area contributed by atoms with Gasteiger partial charge in [-0.3, -0.25) is 4.79 Å². The molecule has 0 saturated heterocycles. The van der Waals surface area contributed by atoms with Gasteiger partial charge in [-0.05, 0) is 94.1 Å². The number of rotatable bonds is 2. The average molecular weight is 479 g/mol. The molecular formula is C14H11I2NO2. The monoisotopic (exact) mass is 479 g/mol. The first-order valence-electron chi connectivity index (χ1n) is 5.53. The van der Waals surface area contributed by atoms with Crippen LogP contribution in [0.3, 0.4) is 0 Å². The predicted octanol–water partition coefficient (Wildman–Crippen LogP) is 4.16. The molecule has 98 valence electrons. The summed E-state index contributed by atoms with van der Waals surface area (Å²) in [5, 5.41) is 12.5. The van der Waals surface area contributed by atoms with Crippen LogP contribution in [0, 0.1) is 14.1 Å². The Labute approximate surface area is 138 Å². The summed E-state index contributed by atoms with van der Waals surface area (Å²) in [5.41, 5.74) is 2.03. The number of phenols is 1. The largest absolute Gasteiger partial charge is 0.507 e. The topological polar surface area (TPSA) is 49.3 Å². The molecule has 19 heavy (non-hydrogen) atoms. The number of aromatic hydroxyl groups is 1. The fourth-order valence-electron chi connectivity index (χ4n) is 1.65. The van der Waals surface area contributed by atoms with Crippen molar-refractivity contribution in [2.75, 3.05) is 5.32 Å². The molecule has 0 aliphatic rings. The maximum absolute atomic E-state index is 12.1. The summed E-state index contributed by atoms with van der Waals surface area (Å²) in [6, 6.07) is 10.7. The molecule has 5 heteroatoms. The zero-order chi connectivity index (χ0) is 14.0. The molecule has 2 N–H and O–H groups in total. The van der Waals surface area contributed by atoms with Gasteiger partial charge in [-0.2, -0.15) is 0 Å². The summed E-state index contributed by atoms with van der Waals surface area (Å²) in [4.78, 5) is 12.1. The van der Waals surface area contributed by atoms with E-state index in [0.29, 0.717) is 0 Å². The molecular weight excluding hydrogens is 468 g/mol. The lowest BCUT2D eigenvalue weighted by Crippen LogP contribution is -2.13. The molecule has 3 nitrogen and oxygen atoms in total. The lowest BCUT2D eigenvalue weighted by Gasteiger charge is -2.10. The second-order valence-corrected chi connectivity index (χ2v) is 6.57. The summed E-state index contributed by atoms with van der Waals surface area (Å²) in [6.07, 6.45) is 0. The van der Waals surface area contributed by atoms with Gasteiger partial charge in [-0.25, -0.2) is 0 Å². The fourth-order valence-corrected chi connectivity index (χ4v) is 2.79. The Bertz CT molecular complexity index is 641. The Morgan fingerprint density at radius 1 is 1.11 bits per heavy atom. The van der Waals surface area contributed by atoms with Gasteiger partial charge in [0.2, 0.25) is 0 Å². The Morgan fingerprint density at radius 2 is 1.74 bits per heavy atom. The van der Waals surface area contributed by atoms with Gasteiger partial charge in [0.05, 0.1) is 5.56 Å². The van der Waals surface area contributed by atoms with Gasteiger partial charge < -0.3 is 10.4 Å². The highest BCUT2D eigenvalue weighted by atomic mass is 127. The molecule has 2 aromatic rings. The number of carbonyl (C=O) groups is 1. The van der Waals surface area contributed by atoms with Crippen LogP contribution in [-0.2, 0) is 0 Å². The zero-order valence-electron chi connectivity index (χ0n) is 10.1. The lowest BCUT2D eigenvalue weighted by molar-refractivity contribution is 0.102. The smallest absolute Gasteiger partial charge is 0.259 e. The van der Waals surface area contributed by atoms with Crippen LogP contribution >= 0.6 is 45.2 Å². The molecule has 0 fully saturated rings.